The highest BCUT2D eigenvalue weighted by atomic mass is 35.5. The zero-order valence-electron chi connectivity index (χ0n) is 16.5. The fourth-order valence-electron chi connectivity index (χ4n) is 4.09. The van der Waals surface area contributed by atoms with Gasteiger partial charge in [-0.25, -0.2) is 18.6 Å². The summed E-state index contributed by atoms with van der Waals surface area (Å²) in [7, 11) is 0. The average molecular weight is 449 g/mol. The minimum absolute atomic E-state index is 0.0848. The van der Waals surface area contributed by atoms with Crippen molar-refractivity contribution in [3.8, 4) is 0 Å². The molecule has 0 radical (unpaired) electrons. The Labute approximate surface area is 182 Å². The number of aliphatic carboxylic acids is 1. The summed E-state index contributed by atoms with van der Waals surface area (Å²) in [5, 5.41) is 10.8. The highest BCUT2D eigenvalue weighted by Gasteiger charge is 2.53. The van der Waals surface area contributed by atoms with Gasteiger partial charge in [0.15, 0.2) is 16.8 Å². The number of halogens is 3. The third-order valence-electron chi connectivity index (χ3n) is 5.44. The number of amidine groups is 1. The summed E-state index contributed by atoms with van der Waals surface area (Å²) in [6.45, 7) is 5.70. The molecule has 4 rings (SSSR count). The molecule has 0 amide bonds. The van der Waals surface area contributed by atoms with Gasteiger partial charge < -0.3 is 10.0 Å². The van der Waals surface area contributed by atoms with E-state index in [4.69, 9.17) is 16.6 Å². The summed E-state index contributed by atoms with van der Waals surface area (Å²) in [5.41, 5.74) is 1.03. The molecule has 0 aromatic heterocycles. The molecular weight excluding hydrogens is 430 g/mol. The number of rotatable bonds is 4. The Morgan fingerprint density at radius 1 is 1.20 bits per heavy atom. The molecule has 1 N–H and O–H groups in total. The van der Waals surface area contributed by atoms with Gasteiger partial charge in [-0.2, -0.15) is 0 Å². The van der Waals surface area contributed by atoms with Crippen molar-refractivity contribution in [2.45, 2.75) is 32.4 Å². The van der Waals surface area contributed by atoms with Gasteiger partial charge in [0.05, 0.1) is 6.04 Å². The lowest BCUT2D eigenvalue weighted by Crippen LogP contribution is -2.36. The zero-order valence-corrected chi connectivity index (χ0v) is 18.1. The molecule has 0 saturated heterocycles. The molecule has 0 aliphatic carbocycles. The molecule has 2 aliphatic heterocycles. The fraction of sp³-hybridized carbons (Fsp3) is 0.273. The lowest BCUT2D eigenvalue weighted by molar-refractivity contribution is -0.131. The number of benzene rings is 2. The van der Waals surface area contributed by atoms with Crippen LogP contribution in [0.3, 0.4) is 0 Å². The Kier molecular flexibility index (Phi) is 5.14. The summed E-state index contributed by atoms with van der Waals surface area (Å²) < 4.78 is 27.7. The highest BCUT2D eigenvalue weighted by Crippen LogP contribution is 2.56. The largest absolute Gasteiger partial charge is 0.477 e. The van der Waals surface area contributed by atoms with Crippen molar-refractivity contribution in [3.05, 3.63) is 80.9 Å². The molecule has 0 bridgehead atoms. The summed E-state index contributed by atoms with van der Waals surface area (Å²) >= 11 is 7.17. The van der Waals surface area contributed by atoms with Crippen molar-refractivity contribution in [1.82, 2.24) is 4.90 Å². The van der Waals surface area contributed by atoms with Crippen LogP contribution in [0.1, 0.15) is 37.9 Å². The second kappa shape index (κ2) is 7.39. The molecule has 2 heterocycles. The van der Waals surface area contributed by atoms with E-state index in [0.717, 1.165) is 29.5 Å². The van der Waals surface area contributed by atoms with Crippen LogP contribution in [-0.4, -0.2) is 21.1 Å². The standard InChI is InChI=1S/C22H19ClF2N2O2S/c1-11(2)17-18(20(28)29)30-21-26-22(3,13-6-9-15(24)16(25)10-13)19(27(17)21)12-4-7-14(23)8-5-12/h4-11,19H,1-3H3,(H,28,29)/t19-,22+/m1/s1. The smallest absolute Gasteiger partial charge is 0.344 e. The van der Waals surface area contributed by atoms with Crippen LogP contribution in [-0.2, 0) is 10.3 Å². The lowest BCUT2D eigenvalue weighted by Gasteiger charge is -2.37. The molecule has 4 nitrogen and oxygen atoms in total. The molecule has 156 valence electrons. The van der Waals surface area contributed by atoms with Gasteiger partial charge >= 0.3 is 5.97 Å². The second-order valence-corrected chi connectivity index (χ2v) is 9.19. The van der Waals surface area contributed by atoms with Gasteiger partial charge in [-0.3, -0.25) is 0 Å². The Bertz CT molecular complexity index is 1100. The van der Waals surface area contributed by atoms with Gasteiger partial charge in [0, 0.05) is 10.7 Å². The van der Waals surface area contributed by atoms with Gasteiger partial charge in [0.2, 0.25) is 0 Å². The number of aliphatic imine (C=N–C) groups is 1. The van der Waals surface area contributed by atoms with Gasteiger partial charge in [-0.15, -0.1) is 0 Å². The summed E-state index contributed by atoms with van der Waals surface area (Å²) in [4.78, 5) is 18.9. The fourth-order valence-corrected chi connectivity index (χ4v) is 5.46. The number of fused-ring (bicyclic) bond motifs is 1. The number of thioether (sulfide) groups is 1. The van der Waals surface area contributed by atoms with Crippen molar-refractivity contribution in [1.29, 1.82) is 0 Å². The van der Waals surface area contributed by atoms with Crippen molar-refractivity contribution in [3.63, 3.8) is 0 Å². The van der Waals surface area contributed by atoms with Crippen LogP contribution in [0.5, 0.6) is 0 Å². The molecule has 30 heavy (non-hydrogen) atoms. The Balaban J connectivity index is 1.93. The molecule has 2 atom stereocenters. The molecule has 0 spiro atoms. The highest BCUT2D eigenvalue weighted by molar-refractivity contribution is 8.18. The Hall–Kier alpha value is -2.38. The zero-order chi connectivity index (χ0) is 21.8. The van der Waals surface area contributed by atoms with Gasteiger partial charge in [0.25, 0.3) is 0 Å². The van der Waals surface area contributed by atoms with E-state index < -0.39 is 29.2 Å². The molecular formula is C22H19ClF2N2O2S. The van der Waals surface area contributed by atoms with Gasteiger partial charge in [0.1, 0.15) is 10.4 Å². The maximum Gasteiger partial charge on any atom is 0.344 e. The minimum Gasteiger partial charge on any atom is -0.477 e. The van der Waals surface area contributed by atoms with Gasteiger partial charge in [-0.1, -0.05) is 43.6 Å². The lowest BCUT2D eigenvalue weighted by atomic mass is 9.81. The first-order valence-corrected chi connectivity index (χ1v) is 10.6. The van der Waals surface area contributed by atoms with Crippen molar-refractivity contribution in [2.75, 3.05) is 0 Å². The van der Waals surface area contributed by atoms with E-state index in [-0.39, 0.29) is 10.8 Å². The van der Waals surface area contributed by atoms with Gasteiger partial charge in [-0.05, 0) is 60.0 Å². The van der Waals surface area contributed by atoms with Crippen LogP contribution in [0, 0.1) is 17.6 Å². The van der Waals surface area contributed by atoms with Crippen LogP contribution < -0.4 is 0 Å². The van der Waals surface area contributed by atoms with E-state index in [2.05, 4.69) is 0 Å². The topological polar surface area (TPSA) is 52.9 Å². The quantitative estimate of drug-likeness (QED) is 0.628. The number of carbonyl (C=O) groups is 1. The Morgan fingerprint density at radius 2 is 1.87 bits per heavy atom. The first kappa shape index (κ1) is 20.9. The van der Waals surface area contributed by atoms with Crippen molar-refractivity contribution < 1.29 is 18.7 Å². The van der Waals surface area contributed by atoms with Crippen molar-refractivity contribution in [2.24, 2.45) is 10.9 Å². The van der Waals surface area contributed by atoms with Crippen LogP contribution in [0.25, 0.3) is 0 Å². The minimum atomic E-state index is -1.01. The normalized spacial score (nSPS) is 23.2. The van der Waals surface area contributed by atoms with Crippen LogP contribution in [0.2, 0.25) is 5.02 Å². The third kappa shape index (κ3) is 3.20. The molecule has 0 unspecified atom stereocenters. The number of carboxylic acid groups (broad SMARTS) is 1. The van der Waals surface area contributed by atoms with E-state index in [1.165, 1.54) is 6.07 Å². The van der Waals surface area contributed by atoms with Crippen LogP contribution >= 0.6 is 23.4 Å². The molecule has 8 heteroatoms. The predicted octanol–water partition coefficient (Wildman–Crippen LogP) is 5.95. The number of carboxylic acids is 1. The first-order valence-electron chi connectivity index (χ1n) is 9.39. The van der Waals surface area contributed by atoms with E-state index in [1.54, 1.807) is 12.1 Å². The maximum absolute atomic E-state index is 14.1. The number of nitrogens with zero attached hydrogens (tertiary/aromatic N) is 2. The predicted molar refractivity (Wildman–Crippen MR) is 114 cm³/mol. The molecule has 0 fully saturated rings. The molecule has 2 aliphatic rings. The van der Waals surface area contributed by atoms with E-state index in [0.29, 0.717) is 21.5 Å². The number of hydrogen-bond acceptors (Lipinski definition) is 4. The summed E-state index contributed by atoms with van der Waals surface area (Å²) in [6.07, 6.45) is 0. The molecule has 2 aromatic rings. The monoisotopic (exact) mass is 448 g/mol. The molecule has 2 aromatic carbocycles. The average Bonchev–Trinajstić information content (AvgIpc) is 3.17. The SMILES string of the molecule is CC(C)C1=C(C(=O)O)SC2=N[C@@](C)(c3ccc(F)c(F)c3)[C@@H](c3ccc(Cl)cc3)N21. The third-order valence-corrected chi connectivity index (χ3v) is 6.75. The number of hydrogen-bond donors (Lipinski definition) is 1. The van der Waals surface area contributed by atoms with Crippen LogP contribution in [0.15, 0.2) is 58.1 Å². The summed E-state index contributed by atoms with van der Waals surface area (Å²) in [5.74, 6) is -2.97. The maximum atomic E-state index is 14.1. The summed E-state index contributed by atoms with van der Waals surface area (Å²) in [6, 6.07) is 10.5. The second-order valence-electron chi connectivity index (χ2n) is 7.77. The number of allylic oxidation sites excluding steroid dienone is 1. The van der Waals surface area contributed by atoms with Crippen molar-refractivity contribution >= 4 is 34.5 Å². The Morgan fingerprint density at radius 3 is 2.43 bits per heavy atom. The first-order chi connectivity index (χ1) is 14.1. The molecule has 0 saturated carbocycles. The van der Waals surface area contributed by atoms with Crippen LogP contribution in [0.4, 0.5) is 8.78 Å². The van der Waals surface area contributed by atoms with E-state index in [9.17, 15) is 18.7 Å². The van der Waals surface area contributed by atoms with E-state index in [1.807, 2.05) is 37.8 Å². The van der Waals surface area contributed by atoms with E-state index >= 15 is 0 Å².